The molecule has 0 fully saturated rings. The van der Waals surface area contributed by atoms with Gasteiger partial charge in [0.15, 0.2) is 5.76 Å². The molecule has 1 unspecified atom stereocenters. The van der Waals surface area contributed by atoms with E-state index in [0.717, 1.165) is 16.7 Å². The average molecular weight is 351 g/mol. The van der Waals surface area contributed by atoms with Crippen LogP contribution in [0, 0.1) is 0 Å². The number of carboxylic acids is 1. The summed E-state index contributed by atoms with van der Waals surface area (Å²) in [6.45, 7) is 1.44. The maximum atomic E-state index is 12.6. The summed E-state index contributed by atoms with van der Waals surface area (Å²) in [4.78, 5) is 25.0. The Morgan fingerprint density at radius 3 is 2.29 bits per heavy atom. The molecular formula is C16H17NO6S. The number of aliphatic carboxylic acids is 1. The molecule has 0 aliphatic carbocycles. The van der Waals surface area contributed by atoms with Gasteiger partial charge in [0.25, 0.3) is 5.91 Å². The van der Waals surface area contributed by atoms with Crippen molar-refractivity contribution in [2.24, 2.45) is 0 Å². The zero-order valence-electron chi connectivity index (χ0n) is 13.2. The lowest BCUT2D eigenvalue weighted by Gasteiger charge is -2.25. The van der Waals surface area contributed by atoms with Gasteiger partial charge in [0.1, 0.15) is 6.04 Å². The second-order valence-electron chi connectivity index (χ2n) is 5.32. The van der Waals surface area contributed by atoms with Crippen molar-refractivity contribution in [3.63, 3.8) is 0 Å². The molecule has 1 aromatic heterocycles. The van der Waals surface area contributed by atoms with E-state index in [0.29, 0.717) is 0 Å². The molecule has 1 heterocycles. The monoisotopic (exact) mass is 351 g/mol. The lowest BCUT2D eigenvalue weighted by molar-refractivity contribution is -0.141. The van der Waals surface area contributed by atoms with E-state index in [1.165, 1.54) is 19.1 Å². The van der Waals surface area contributed by atoms with E-state index in [2.05, 4.69) is 0 Å². The largest absolute Gasteiger partial charge is 0.480 e. The Hall–Kier alpha value is -2.61. The van der Waals surface area contributed by atoms with Crippen molar-refractivity contribution in [3.05, 3.63) is 53.8 Å². The molecule has 0 aliphatic rings. The minimum Gasteiger partial charge on any atom is -0.480 e. The van der Waals surface area contributed by atoms with Gasteiger partial charge in [-0.15, -0.1) is 0 Å². The molecule has 0 saturated carbocycles. The van der Waals surface area contributed by atoms with E-state index >= 15 is 0 Å². The number of amides is 1. The second kappa shape index (κ2) is 6.88. The van der Waals surface area contributed by atoms with Gasteiger partial charge in [0.05, 0.1) is 0 Å². The summed E-state index contributed by atoms with van der Waals surface area (Å²) < 4.78 is 28.0. The third kappa shape index (κ3) is 4.02. The number of furan rings is 1. The smallest absolute Gasteiger partial charge is 0.326 e. The number of nitrogens with zero attached hydrogens (tertiary/aromatic N) is 1. The van der Waals surface area contributed by atoms with Gasteiger partial charge in [-0.2, -0.15) is 0 Å². The number of carbonyl (C=O) groups excluding carboxylic acids is 1. The number of hydrogen-bond donors (Lipinski definition) is 1. The van der Waals surface area contributed by atoms with E-state index in [-0.39, 0.29) is 17.4 Å². The first-order valence-corrected chi connectivity index (χ1v) is 8.97. The third-order valence-electron chi connectivity index (χ3n) is 3.44. The highest BCUT2D eigenvalue weighted by molar-refractivity contribution is 7.90. The molecule has 1 amide bonds. The maximum Gasteiger partial charge on any atom is 0.326 e. The minimum atomic E-state index is -3.59. The first-order valence-electron chi connectivity index (χ1n) is 7.07. The van der Waals surface area contributed by atoms with Gasteiger partial charge in [0.2, 0.25) is 14.9 Å². The number of hydrogen-bond acceptors (Lipinski definition) is 5. The summed E-state index contributed by atoms with van der Waals surface area (Å²) in [6, 6.07) is 10.2. The van der Waals surface area contributed by atoms with E-state index in [1.54, 1.807) is 30.3 Å². The van der Waals surface area contributed by atoms with Crippen molar-refractivity contribution in [2.75, 3.05) is 6.26 Å². The Bertz CT molecular complexity index is 840. The first kappa shape index (κ1) is 17.7. The zero-order valence-corrected chi connectivity index (χ0v) is 14.0. The van der Waals surface area contributed by atoms with Gasteiger partial charge in [0, 0.05) is 12.8 Å². The molecule has 0 radical (unpaired) electrons. The van der Waals surface area contributed by atoms with Crippen molar-refractivity contribution >= 4 is 21.7 Å². The van der Waals surface area contributed by atoms with Crippen LogP contribution < -0.4 is 0 Å². The van der Waals surface area contributed by atoms with Crippen LogP contribution in [0.1, 0.15) is 23.0 Å². The number of carboxylic acid groups (broad SMARTS) is 1. The van der Waals surface area contributed by atoms with Gasteiger partial charge in [-0.25, -0.2) is 13.2 Å². The van der Waals surface area contributed by atoms with Crippen molar-refractivity contribution in [3.8, 4) is 0 Å². The van der Waals surface area contributed by atoms with Crippen LogP contribution in [0.3, 0.4) is 0 Å². The summed E-state index contributed by atoms with van der Waals surface area (Å²) in [5.41, 5.74) is 0.744. The molecule has 8 heteroatoms. The summed E-state index contributed by atoms with van der Waals surface area (Å²) >= 11 is 0. The molecule has 24 heavy (non-hydrogen) atoms. The third-order valence-corrected chi connectivity index (χ3v) is 4.39. The standard InChI is InChI=1S/C16H17NO6S/c1-11(16(19)20)17(10-12-6-4-3-5-7-12)15(18)13-8-9-14(23-13)24(2,21)22/h3-9,11H,10H2,1-2H3,(H,19,20). The van der Waals surface area contributed by atoms with Crippen LogP contribution in [0.15, 0.2) is 52.0 Å². The normalized spacial score (nSPS) is 12.6. The van der Waals surface area contributed by atoms with Crippen molar-refractivity contribution in [1.29, 1.82) is 0 Å². The number of rotatable bonds is 6. The lowest BCUT2D eigenvalue weighted by atomic mass is 10.1. The maximum absolute atomic E-state index is 12.6. The molecule has 0 aliphatic heterocycles. The molecular weight excluding hydrogens is 334 g/mol. The molecule has 1 atom stereocenters. The molecule has 1 aromatic carbocycles. The Morgan fingerprint density at radius 2 is 1.79 bits per heavy atom. The topological polar surface area (TPSA) is 105 Å². The Morgan fingerprint density at radius 1 is 1.17 bits per heavy atom. The van der Waals surface area contributed by atoms with E-state index < -0.39 is 27.8 Å². The average Bonchev–Trinajstić information content (AvgIpc) is 3.02. The predicted molar refractivity (Wildman–Crippen MR) is 85.2 cm³/mol. The molecule has 2 aromatic rings. The molecule has 2 rings (SSSR count). The molecule has 0 saturated heterocycles. The number of carbonyl (C=O) groups is 2. The van der Waals surface area contributed by atoms with Gasteiger partial charge >= 0.3 is 5.97 Å². The van der Waals surface area contributed by atoms with Gasteiger partial charge < -0.3 is 14.4 Å². The van der Waals surface area contributed by atoms with Gasteiger partial charge in [-0.05, 0) is 24.6 Å². The Balaban J connectivity index is 2.34. The highest BCUT2D eigenvalue weighted by Gasteiger charge is 2.29. The predicted octanol–water partition coefficient (Wildman–Crippen LogP) is 1.80. The van der Waals surface area contributed by atoms with E-state index in [9.17, 15) is 23.1 Å². The Labute approximate surface area is 139 Å². The fraction of sp³-hybridized carbons (Fsp3) is 0.250. The van der Waals surface area contributed by atoms with E-state index in [1.807, 2.05) is 0 Å². The quantitative estimate of drug-likeness (QED) is 0.851. The van der Waals surface area contributed by atoms with Crippen LogP contribution in [0.2, 0.25) is 0 Å². The summed E-state index contributed by atoms with van der Waals surface area (Å²) in [5.74, 6) is -2.09. The number of benzene rings is 1. The Kier molecular flexibility index (Phi) is 5.08. The molecule has 0 bridgehead atoms. The van der Waals surface area contributed by atoms with Crippen molar-refractivity contribution < 1.29 is 27.5 Å². The van der Waals surface area contributed by atoms with Crippen LogP contribution in [-0.2, 0) is 21.2 Å². The van der Waals surface area contributed by atoms with Crippen molar-refractivity contribution in [1.82, 2.24) is 4.90 Å². The van der Waals surface area contributed by atoms with Gasteiger partial charge in [-0.3, -0.25) is 4.79 Å². The molecule has 1 N–H and O–H groups in total. The van der Waals surface area contributed by atoms with E-state index in [4.69, 9.17) is 4.42 Å². The van der Waals surface area contributed by atoms with Crippen molar-refractivity contribution in [2.45, 2.75) is 24.6 Å². The van der Waals surface area contributed by atoms with Gasteiger partial charge in [-0.1, -0.05) is 30.3 Å². The fourth-order valence-corrected chi connectivity index (χ4v) is 2.63. The highest BCUT2D eigenvalue weighted by atomic mass is 32.2. The fourth-order valence-electron chi connectivity index (χ4n) is 2.07. The lowest BCUT2D eigenvalue weighted by Crippen LogP contribution is -2.42. The number of sulfone groups is 1. The molecule has 128 valence electrons. The van der Waals surface area contributed by atoms with Crippen LogP contribution in [0.25, 0.3) is 0 Å². The minimum absolute atomic E-state index is 0.0576. The molecule has 7 nitrogen and oxygen atoms in total. The summed E-state index contributed by atoms with van der Waals surface area (Å²) in [5, 5.41) is 8.90. The summed E-state index contributed by atoms with van der Waals surface area (Å²) in [7, 11) is -3.59. The molecule has 0 spiro atoms. The van der Waals surface area contributed by atoms with Crippen LogP contribution in [-0.4, -0.2) is 42.6 Å². The zero-order chi connectivity index (χ0) is 17.9. The highest BCUT2D eigenvalue weighted by Crippen LogP contribution is 2.18. The second-order valence-corrected chi connectivity index (χ2v) is 7.27. The first-order chi connectivity index (χ1) is 11.2. The van der Waals surface area contributed by atoms with Crippen LogP contribution in [0.4, 0.5) is 0 Å². The SMILES string of the molecule is CC(C(=O)O)N(Cc1ccccc1)C(=O)c1ccc(S(C)(=O)=O)o1. The summed E-state index contributed by atoms with van der Waals surface area (Å²) in [6.07, 6.45) is 0.960. The van der Waals surface area contributed by atoms with Crippen LogP contribution >= 0.6 is 0 Å². The van der Waals surface area contributed by atoms with Crippen LogP contribution in [0.5, 0.6) is 0 Å².